The molecule has 2 heterocycles. The second-order valence-electron chi connectivity index (χ2n) is 6.83. The lowest BCUT2D eigenvalue weighted by Gasteiger charge is -2.23. The Labute approximate surface area is 173 Å². The Morgan fingerprint density at radius 1 is 1.28 bits per heavy atom. The molecule has 4 rings (SSSR count). The molecule has 1 N–H and O–H groups in total. The molecule has 1 aromatic heterocycles. The molecule has 1 aliphatic rings. The summed E-state index contributed by atoms with van der Waals surface area (Å²) in [6.07, 6.45) is 3.52. The summed E-state index contributed by atoms with van der Waals surface area (Å²) in [6, 6.07) is 16.4. The summed E-state index contributed by atoms with van der Waals surface area (Å²) in [5.41, 5.74) is 2.28. The Balaban J connectivity index is 1.46. The van der Waals surface area contributed by atoms with Crippen molar-refractivity contribution >= 4 is 17.5 Å². The first-order valence-electron chi connectivity index (χ1n) is 9.38. The molecule has 1 saturated heterocycles. The van der Waals surface area contributed by atoms with Crippen LogP contribution in [0.5, 0.6) is 5.75 Å². The van der Waals surface area contributed by atoms with Gasteiger partial charge in [0.05, 0.1) is 23.5 Å². The number of H-pyrrole nitrogens is 1. The highest BCUT2D eigenvalue weighted by Gasteiger charge is 2.32. The Kier molecular flexibility index (Phi) is 5.50. The molecule has 29 heavy (non-hydrogen) atoms. The molecule has 7 heteroatoms. The van der Waals surface area contributed by atoms with E-state index in [1.165, 1.54) is 0 Å². The highest BCUT2D eigenvalue weighted by molar-refractivity contribution is 6.30. The number of hydrogen-bond donors (Lipinski definition) is 1. The Morgan fingerprint density at radius 2 is 2.07 bits per heavy atom. The van der Waals surface area contributed by atoms with Gasteiger partial charge in [0.2, 0.25) is 0 Å². The SMILES string of the molecule is N#Cc1ccccc1OCC(=O)N1CCC[C@@H]1c1ncc(-c2ccc(Cl)cc2)[nH]1. The van der Waals surface area contributed by atoms with Gasteiger partial charge in [0.15, 0.2) is 6.61 Å². The van der Waals surface area contributed by atoms with Crippen LogP contribution in [0.25, 0.3) is 11.3 Å². The first-order valence-corrected chi connectivity index (χ1v) is 9.76. The Bertz CT molecular complexity index is 1060. The van der Waals surface area contributed by atoms with Gasteiger partial charge in [-0.15, -0.1) is 0 Å². The number of carbonyl (C=O) groups excluding carboxylic acids is 1. The van der Waals surface area contributed by atoms with Crippen molar-refractivity contribution in [3.8, 4) is 23.1 Å². The number of amides is 1. The fourth-order valence-corrected chi connectivity index (χ4v) is 3.66. The number of hydrogen-bond acceptors (Lipinski definition) is 4. The van der Waals surface area contributed by atoms with Crippen LogP contribution < -0.4 is 4.74 Å². The average Bonchev–Trinajstić information content (AvgIpc) is 3.42. The largest absolute Gasteiger partial charge is 0.482 e. The molecule has 0 aliphatic carbocycles. The van der Waals surface area contributed by atoms with Gasteiger partial charge in [-0.3, -0.25) is 4.79 Å². The Hall–Kier alpha value is -3.30. The lowest BCUT2D eigenvalue weighted by Crippen LogP contribution is -2.35. The first-order chi connectivity index (χ1) is 14.2. The fourth-order valence-electron chi connectivity index (χ4n) is 3.54. The van der Waals surface area contributed by atoms with Crippen LogP contribution in [0.3, 0.4) is 0 Å². The van der Waals surface area contributed by atoms with Crippen molar-refractivity contribution in [1.29, 1.82) is 5.26 Å². The summed E-state index contributed by atoms with van der Waals surface area (Å²) in [5, 5.41) is 9.83. The third kappa shape index (κ3) is 4.10. The van der Waals surface area contributed by atoms with Crippen LogP contribution in [0.1, 0.15) is 30.3 Å². The third-order valence-electron chi connectivity index (χ3n) is 5.00. The molecule has 0 unspecified atom stereocenters. The van der Waals surface area contributed by atoms with E-state index in [9.17, 15) is 4.79 Å². The third-order valence-corrected chi connectivity index (χ3v) is 5.25. The van der Waals surface area contributed by atoms with Gasteiger partial charge in [-0.25, -0.2) is 4.98 Å². The van der Waals surface area contributed by atoms with Crippen molar-refractivity contribution in [3.05, 3.63) is 71.1 Å². The number of aromatic amines is 1. The van der Waals surface area contributed by atoms with Crippen molar-refractivity contribution in [2.24, 2.45) is 0 Å². The minimum atomic E-state index is -0.121. The minimum absolute atomic E-state index is 0.111. The van der Waals surface area contributed by atoms with Gasteiger partial charge in [0.25, 0.3) is 5.91 Å². The van der Waals surface area contributed by atoms with Crippen molar-refractivity contribution in [2.75, 3.05) is 13.2 Å². The number of likely N-dealkylation sites (tertiary alicyclic amines) is 1. The van der Waals surface area contributed by atoms with Gasteiger partial charge >= 0.3 is 0 Å². The highest BCUT2D eigenvalue weighted by Crippen LogP contribution is 2.32. The zero-order chi connectivity index (χ0) is 20.2. The van der Waals surface area contributed by atoms with E-state index in [4.69, 9.17) is 21.6 Å². The van der Waals surface area contributed by atoms with Crippen molar-refractivity contribution in [1.82, 2.24) is 14.9 Å². The molecule has 3 aromatic rings. The number of benzene rings is 2. The number of ether oxygens (including phenoxy) is 1. The van der Waals surface area contributed by atoms with Crippen LogP contribution in [0.4, 0.5) is 0 Å². The minimum Gasteiger partial charge on any atom is -0.482 e. The molecule has 0 radical (unpaired) electrons. The second kappa shape index (κ2) is 8.38. The average molecular weight is 407 g/mol. The van der Waals surface area contributed by atoms with Gasteiger partial charge in [0.1, 0.15) is 17.6 Å². The van der Waals surface area contributed by atoms with Gasteiger partial charge in [-0.2, -0.15) is 5.26 Å². The maximum atomic E-state index is 12.8. The number of nitrogens with one attached hydrogen (secondary N) is 1. The van der Waals surface area contributed by atoms with Crippen LogP contribution in [0, 0.1) is 11.3 Å². The smallest absolute Gasteiger partial charge is 0.261 e. The number of nitrogens with zero attached hydrogens (tertiary/aromatic N) is 3. The van der Waals surface area contributed by atoms with E-state index >= 15 is 0 Å². The van der Waals surface area contributed by atoms with Gasteiger partial charge in [0, 0.05) is 11.6 Å². The number of carbonyl (C=O) groups is 1. The second-order valence-corrected chi connectivity index (χ2v) is 7.27. The number of halogens is 1. The van der Waals surface area contributed by atoms with Gasteiger partial charge < -0.3 is 14.6 Å². The van der Waals surface area contributed by atoms with Crippen LogP contribution in [-0.2, 0) is 4.79 Å². The number of nitriles is 1. The fraction of sp³-hybridized carbons (Fsp3) is 0.227. The topological polar surface area (TPSA) is 82.0 Å². The molecule has 2 aromatic carbocycles. The predicted molar refractivity (Wildman–Crippen MR) is 109 cm³/mol. The maximum Gasteiger partial charge on any atom is 0.261 e. The quantitative estimate of drug-likeness (QED) is 0.683. The maximum absolute atomic E-state index is 12.8. The predicted octanol–water partition coefficient (Wildman–Crippen LogP) is 4.34. The highest BCUT2D eigenvalue weighted by atomic mass is 35.5. The zero-order valence-electron chi connectivity index (χ0n) is 15.6. The van der Waals surface area contributed by atoms with E-state index < -0.39 is 0 Å². The number of rotatable bonds is 5. The molecule has 0 saturated carbocycles. The summed E-state index contributed by atoms with van der Waals surface area (Å²) in [4.78, 5) is 22.4. The summed E-state index contributed by atoms with van der Waals surface area (Å²) in [7, 11) is 0. The van der Waals surface area contributed by atoms with Crippen molar-refractivity contribution in [2.45, 2.75) is 18.9 Å². The normalized spacial score (nSPS) is 15.9. The summed E-state index contributed by atoms with van der Waals surface area (Å²) >= 11 is 5.96. The first kappa shape index (κ1) is 19.0. The van der Waals surface area contributed by atoms with Crippen LogP contribution in [0.15, 0.2) is 54.7 Å². The summed E-state index contributed by atoms with van der Waals surface area (Å²) < 4.78 is 5.62. The van der Waals surface area contributed by atoms with Gasteiger partial charge in [-0.05, 0) is 42.7 Å². The molecule has 0 bridgehead atoms. The van der Waals surface area contributed by atoms with E-state index in [0.717, 1.165) is 29.9 Å². The Morgan fingerprint density at radius 3 is 2.86 bits per heavy atom. The van der Waals surface area contributed by atoms with Gasteiger partial charge in [-0.1, -0.05) is 35.9 Å². The van der Waals surface area contributed by atoms with Crippen LogP contribution in [0.2, 0.25) is 5.02 Å². The lowest BCUT2D eigenvalue weighted by atomic mass is 10.2. The monoisotopic (exact) mass is 406 g/mol. The molecule has 6 nitrogen and oxygen atoms in total. The standard InChI is InChI=1S/C22H19ClN4O2/c23-17-9-7-15(8-10-17)18-13-25-22(26-18)19-5-3-11-27(19)21(28)14-29-20-6-2-1-4-16(20)12-24/h1-2,4,6-10,13,19H,3,5,11,14H2,(H,25,26)/t19-/m1/s1. The van der Waals surface area contributed by atoms with Crippen molar-refractivity contribution < 1.29 is 9.53 Å². The molecular weight excluding hydrogens is 388 g/mol. The molecule has 1 amide bonds. The lowest BCUT2D eigenvalue weighted by molar-refractivity contribution is -0.134. The van der Waals surface area contributed by atoms with Crippen LogP contribution in [-0.4, -0.2) is 33.9 Å². The molecule has 0 spiro atoms. The molecular formula is C22H19ClN4O2. The summed E-state index contributed by atoms with van der Waals surface area (Å²) in [5.74, 6) is 1.06. The van der Waals surface area contributed by atoms with E-state index in [2.05, 4.69) is 16.0 Å². The van der Waals surface area contributed by atoms with E-state index in [1.54, 1.807) is 35.4 Å². The van der Waals surface area contributed by atoms with Crippen LogP contribution >= 0.6 is 11.6 Å². The molecule has 1 atom stereocenters. The summed E-state index contributed by atoms with van der Waals surface area (Å²) in [6.45, 7) is 0.545. The molecule has 1 fully saturated rings. The van der Waals surface area contributed by atoms with E-state index in [-0.39, 0.29) is 18.6 Å². The number of imidazole rings is 1. The molecule has 1 aliphatic heterocycles. The zero-order valence-corrected chi connectivity index (χ0v) is 16.4. The number of aromatic nitrogens is 2. The number of para-hydroxylation sites is 1. The molecule has 146 valence electrons. The van der Waals surface area contributed by atoms with E-state index in [1.807, 2.05) is 24.3 Å². The van der Waals surface area contributed by atoms with E-state index in [0.29, 0.717) is 22.9 Å². The van der Waals surface area contributed by atoms with Crippen molar-refractivity contribution in [3.63, 3.8) is 0 Å².